The van der Waals surface area contributed by atoms with E-state index in [1.165, 1.54) is 12.3 Å². The second-order valence-corrected chi connectivity index (χ2v) is 5.04. The maximum absolute atomic E-state index is 11.9. The van der Waals surface area contributed by atoms with Crippen LogP contribution in [0.25, 0.3) is 16.9 Å². The van der Waals surface area contributed by atoms with Crippen LogP contribution in [0.5, 0.6) is 0 Å². The van der Waals surface area contributed by atoms with Crippen LogP contribution in [0.4, 0.5) is 0 Å². The van der Waals surface area contributed by atoms with Crippen LogP contribution in [-0.2, 0) is 0 Å². The molecule has 0 fully saturated rings. The van der Waals surface area contributed by atoms with E-state index in [2.05, 4.69) is 9.97 Å². The van der Waals surface area contributed by atoms with E-state index in [4.69, 9.17) is 23.2 Å². The summed E-state index contributed by atoms with van der Waals surface area (Å²) in [5, 5.41) is 0.522. The Morgan fingerprint density at radius 1 is 1.05 bits per heavy atom. The van der Waals surface area contributed by atoms with Crippen molar-refractivity contribution >= 4 is 23.2 Å². The van der Waals surface area contributed by atoms with Crippen molar-refractivity contribution in [3.63, 3.8) is 0 Å². The lowest BCUT2D eigenvalue weighted by Gasteiger charge is -2.08. The maximum atomic E-state index is 11.9. The molecule has 0 amide bonds. The third-order valence-corrected chi connectivity index (χ3v) is 3.39. The van der Waals surface area contributed by atoms with Gasteiger partial charge in [0.25, 0.3) is 5.56 Å². The summed E-state index contributed by atoms with van der Waals surface area (Å²) in [4.78, 5) is 19.8. The second-order valence-electron chi connectivity index (χ2n) is 4.29. The first kappa shape index (κ1) is 13.8. The van der Waals surface area contributed by atoms with Gasteiger partial charge in [-0.2, -0.15) is 0 Å². The van der Waals surface area contributed by atoms with Gasteiger partial charge in [0.15, 0.2) is 0 Å². The van der Waals surface area contributed by atoms with Gasteiger partial charge in [-0.25, -0.2) is 9.97 Å². The molecule has 0 spiro atoms. The molecule has 0 radical (unpaired) electrons. The largest absolute Gasteiger partial charge is 0.284 e. The number of aromatic nitrogens is 3. The first-order valence-corrected chi connectivity index (χ1v) is 6.87. The van der Waals surface area contributed by atoms with E-state index in [-0.39, 0.29) is 10.8 Å². The van der Waals surface area contributed by atoms with E-state index in [0.717, 1.165) is 11.3 Å². The molecule has 0 N–H and O–H groups in total. The first-order chi connectivity index (χ1) is 10.1. The van der Waals surface area contributed by atoms with Crippen molar-refractivity contribution < 1.29 is 0 Å². The highest BCUT2D eigenvalue weighted by Crippen LogP contribution is 2.27. The molecule has 1 aromatic carbocycles. The molecule has 0 saturated heterocycles. The fraction of sp³-hybridized carbons (Fsp3) is 0. The number of nitrogens with zero attached hydrogens (tertiary/aromatic N) is 3. The van der Waals surface area contributed by atoms with E-state index >= 15 is 0 Å². The highest BCUT2D eigenvalue weighted by Gasteiger charge is 2.08. The van der Waals surface area contributed by atoms with Crippen molar-refractivity contribution in [3.8, 4) is 16.9 Å². The summed E-state index contributed by atoms with van der Waals surface area (Å²) < 4.78 is 1.54. The molecule has 0 aliphatic rings. The minimum absolute atomic E-state index is 0.110. The van der Waals surface area contributed by atoms with Crippen molar-refractivity contribution in [1.29, 1.82) is 0 Å². The Morgan fingerprint density at radius 3 is 2.71 bits per heavy atom. The van der Waals surface area contributed by atoms with Crippen LogP contribution in [-0.4, -0.2) is 14.5 Å². The molecule has 6 heteroatoms. The van der Waals surface area contributed by atoms with E-state index in [9.17, 15) is 4.79 Å². The highest BCUT2D eigenvalue weighted by atomic mass is 35.5. The van der Waals surface area contributed by atoms with Crippen LogP contribution in [0.1, 0.15) is 0 Å². The molecule has 3 rings (SSSR count). The molecule has 0 unspecified atom stereocenters. The Balaban J connectivity index is 2.15. The molecule has 104 valence electrons. The lowest BCUT2D eigenvalue weighted by Crippen LogP contribution is -2.15. The minimum atomic E-state index is -0.110. The van der Waals surface area contributed by atoms with Crippen molar-refractivity contribution in [3.05, 3.63) is 75.5 Å². The summed E-state index contributed by atoms with van der Waals surface area (Å²) in [6.07, 6.45) is 3.16. The molecule has 21 heavy (non-hydrogen) atoms. The summed E-state index contributed by atoms with van der Waals surface area (Å²) in [6.45, 7) is 0. The lowest BCUT2D eigenvalue weighted by molar-refractivity contribution is 0.990. The summed E-state index contributed by atoms with van der Waals surface area (Å²) in [6, 6.07) is 12.3. The zero-order chi connectivity index (χ0) is 14.8. The second kappa shape index (κ2) is 5.68. The van der Waals surface area contributed by atoms with Crippen LogP contribution < -0.4 is 5.56 Å². The predicted octanol–water partition coefficient (Wildman–Crippen LogP) is 3.60. The van der Waals surface area contributed by atoms with Gasteiger partial charge in [-0.1, -0.05) is 29.8 Å². The molecular formula is C15H9Cl2N3O. The zero-order valence-corrected chi connectivity index (χ0v) is 12.2. The molecule has 2 heterocycles. The van der Waals surface area contributed by atoms with Gasteiger partial charge in [0.05, 0.1) is 16.9 Å². The lowest BCUT2D eigenvalue weighted by atomic mass is 10.1. The SMILES string of the molecule is O=c1ccccn1-c1cccc(-c2nc(Cl)ncc2Cl)c1. The molecule has 0 aliphatic carbocycles. The highest BCUT2D eigenvalue weighted by molar-refractivity contribution is 6.33. The number of benzene rings is 1. The molecular weight excluding hydrogens is 309 g/mol. The third-order valence-electron chi connectivity index (χ3n) is 2.93. The van der Waals surface area contributed by atoms with Gasteiger partial charge in [-0.3, -0.25) is 9.36 Å². The Labute approximate surface area is 130 Å². The summed E-state index contributed by atoms with van der Waals surface area (Å²) in [7, 11) is 0. The molecule has 0 aliphatic heterocycles. The van der Waals surface area contributed by atoms with Crippen molar-refractivity contribution in [1.82, 2.24) is 14.5 Å². The molecule has 3 aromatic rings. The minimum Gasteiger partial charge on any atom is -0.284 e. The molecule has 4 nitrogen and oxygen atoms in total. The monoisotopic (exact) mass is 317 g/mol. The van der Waals surface area contributed by atoms with E-state index in [1.807, 2.05) is 24.3 Å². The number of rotatable bonds is 2. The van der Waals surface area contributed by atoms with E-state index in [0.29, 0.717) is 10.7 Å². The van der Waals surface area contributed by atoms with Crippen molar-refractivity contribution in [2.75, 3.05) is 0 Å². The van der Waals surface area contributed by atoms with Crippen molar-refractivity contribution in [2.24, 2.45) is 0 Å². The molecule has 0 saturated carbocycles. The average Bonchev–Trinajstić information content (AvgIpc) is 2.50. The third kappa shape index (κ3) is 2.82. The number of pyridine rings is 1. The number of halogens is 2. The van der Waals surface area contributed by atoms with Crippen molar-refractivity contribution in [2.45, 2.75) is 0 Å². The van der Waals surface area contributed by atoms with Gasteiger partial charge in [0, 0.05) is 23.5 Å². The van der Waals surface area contributed by atoms with Crippen LogP contribution in [0.15, 0.2) is 59.7 Å². The topological polar surface area (TPSA) is 47.8 Å². The fourth-order valence-electron chi connectivity index (χ4n) is 1.99. The summed E-state index contributed by atoms with van der Waals surface area (Å²) >= 11 is 11.9. The quantitative estimate of drug-likeness (QED) is 0.678. The van der Waals surface area contributed by atoms with Crippen LogP contribution in [0, 0.1) is 0 Å². The van der Waals surface area contributed by atoms with E-state index < -0.39 is 0 Å². The van der Waals surface area contributed by atoms with Crippen LogP contribution in [0.3, 0.4) is 0 Å². The Hall–Kier alpha value is -2.17. The van der Waals surface area contributed by atoms with Gasteiger partial charge < -0.3 is 0 Å². The first-order valence-electron chi connectivity index (χ1n) is 6.12. The summed E-state index contributed by atoms with van der Waals surface area (Å²) in [5.41, 5.74) is 1.91. The summed E-state index contributed by atoms with van der Waals surface area (Å²) in [5.74, 6) is 0. The Bertz CT molecular complexity index is 861. The van der Waals surface area contributed by atoms with Gasteiger partial charge in [-0.05, 0) is 29.8 Å². The Kier molecular flexibility index (Phi) is 3.73. The van der Waals surface area contributed by atoms with E-state index in [1.54, 1.807) is 22.9 Å². The van der Waals surface area contributed by atoms with Crippen LogP contribution in [0.2, 0.25) is 10.3 Å². The van der Waals surface area contributed by atoms with Gasteiger partial charge in [-0.15, -0.1) is 0 Å². The molecule has 0 atom stereocenters. The molecule has 2 aromatic heterocycles. The number of hydrogen-bond acceptors (Lipinski definition) is 3. The zero-order valence-electron chi connectivity index (χ0n) is 10.7. The van der Waals surface area contributed by atoms with Gasteiger partial charge in [0.1, 0.15) is 0 Å². The Morgan fingerprint density at radius 2 is 1.90 bits per heavy atom. The molecule has 0 bridgehead atoms. The standard InChI is InChI=1S/C15H9Cl2N3O/c16-12-9-18-15(17)19-14(12)10-4-3-5-11(8-10)20-7-2-1-6-13(20)21/h1-9H. The van der Waals surface area contributed by atoms with Crippen LogP contribution >= 0.6 is 23.2 Å². The predicted molar refractivity (Wildman–Crippen MR) is 83.1 cm³/mol. The van der Waals surface area contributed by atoms with Gasteiger partial charge in [0.2, 0.25) is 5.28 Å². The van der Waals surface area contributed by atoms with Gasteiger partial charge >= 0.3 is 0 Å². The average molecular weight is 318 g/mol. The fourth-order valence-corrected chi connectivity index (χ4v) is 2.33. The number of hydrogen-bond donors (Lipinski definition) is 0. The smallest absolute Gasteiger partial charge is 0.255 e. The normalized spacial score (nSPS) is 10.6. The maximum Gasteiger partial charge on any atom is 0.255 e.